The van der Waals surface area contributed by atoms with Crippen molar-refractivity contribution in [3.05, 3.63) is 67.1 Å². The molecule has 6 nitrogen and oxygen atoms in total. The molecule has 27 heavy (non-hydrogen) atoms. The molecule has 2 aromatic carbocycles. The molecule has 0 aliphatic heterocycles. The van der Waals surface area contributed by atoms with Gasteiger partial charge in [0.1, 0.15) is 17.9 Å². The number of rotatable bonds is 6. The van der Waals surface area contributed by atoms with Crippen molar-refractivity contribution in [2.45, 2.75) is 6.42 Å². The number of nitrogen functional groups attached to an aromatic ring is 1. The number of aromatic nitrogens is 3. The summed E-state index contributed by atoms with van der Waals surface area (Å²) >= 11 is 0. The molecule has 0 saturated carbocycles. The first-order valence-electron chi connectivity index (χ1n) is 8.79. The predicted octanol–water partition coefficient (Wildman–Crippen LogP) is 3.43. The molecular weight excluding hydrogens is 340 g/mol. The van der Waals surface area contributed by atoms with Crippen LogP contribution in [0, 0.1) is 0 Å². The van der Waals surface area contributed by atoms with E-state index < -0.39 is 0 Å². The van der Waals surface area contributed by atoms with Gasteiger partial charge in [0.2, 0.25) is 0 Å². The van der Waals surface area contributed by atoms with E-state index in [-0.39, 0.29) is 6.61 Å². The summed E-state index contributed by atoms with van der Waals surface area (Å²) < 4.78 is 7.70. The third-order valence-corrected chi connectivity index (χ3v) is 4.36. The standard InChI is InChI=1S/C21H20N4O2/c22-20-19-18(15-6-2-1-3-7-15)13-25(21(19)24-14-23-20)16-8-4-9-17(12-16)27-11-5-10-26/h1-4,6-9,12-14,26H,5,10-11H2,(H2,22,23,24). The minimum Gasteiger partial charge on any atom is -0.493 e. The highest BCUT2D eigenvalue weighted by atomic mass is 16.5. The fraction of sp³-hybridized carbons (Fsp3) is 0.143. The molecule has 0 bridgehead atoms. The van der Waals surface area contributed by atoms with Crippen molar-refractivity contribution in [3.63, 3.8) is 0 Å². The Morgan fingerprint density at radius 2 is 1.89 bits per heavy atom. The number of benzene rings is 2. The maximum atomic E-state index is 8.92. The van der Waals surface area contributed by atoms with Gasteiger partial charge < -0.3 is 20.1 Å². The Morgan fingerprint density at radius 1 is 1.04 bits per heavy atom. The number of nitrogens with zero attached hydrogens (tertiary/aromatic N) is 3. The van der Waals surface area contributed by atoms with Gasteiger partial charge in [-0.15, -0.1) is 0 Å². The lowest BCUT2D eigenvalue weighted by Gasteiger charge is -2.09. The van der Waals surface area contributed by atoms with E-state index in [4.69, 9.17) is 15.6 Å². The SMILES string of the molecule is Nc1ncnc2c1c(-c1ccccc1)cn2-c1cccc(OCCCO)c1. The number of fused-ring (bicyclic) bond motifs is 1. The lowest BCUT2D eigenvalue weighted by molar-refractivity contribution is 0.233. The van der Waals surface area contributed by atoms with E-state index in [9.17, 15) is 0 Å². The van der Waals surface area contributed by atoms with Gasteiger partial charge in [0.25, 0.3) is 0 Å². The van der Waals surface area contributed by atoms with E-state index in [2.05, 4.69) is 9.97 Å². The second-order valence-corrected chi connectivity index (χ2v) is 6.16. The Balaban J connectivity index is 1.84. The normalized spacial score (nSPS) is 11.0. The maximum absolute atomic E-state index is 8.92. The highest BCUT2D eigenvalue weighted by Gasteiger charge is 2.16. The van der Waals surface area contributed by atoms with Crippen LogP contribution in [0.4, 0.5) is 5.82 Å². The number of nitrogens with two attached hydrogens (primary N) is 1. The lowest BCUT2D eigenvalue weighted by Crippen LogP contribution is -2.01. The molecule has 0 unspecified atom stereocenters. The molecule has 0 spiro atoms. The molecule has 0 radical (unpaired) electrons. The minimum atomic E-state index is 0.110. The summed E-state index contributed by atoms with van der Waals surface area (Å²) in [7, 11) is 0. The van der Waals surface area contributed by atoms with Crippen LogP contribution in [0.15, 0.2) is 67.1 Å². The van der Waals surface area contributed by atoms with Gasteiger partial charge in [-0.1, -0.05) is 36.4 Å². The van der Waals surface area contributed by atoms with Crippen LogP contribution in [-0.2, 0) is 0 Å². The zero-order chi connectivity index (χ0) is 18.6. The second kappa shape index (κ2) is 7.47. The Bertz CT molecular complexity index is 1060. The fourth-order valence-corrected chi connectivity index (χ4v) is 3.10. The molecule has 2 aromatic heterocycles. The van der Waals surface area contributed by atoms with Crippen LogP contribution < -0.4 is 10.5 Å². The Labute approximate surface area is 156 Å². The molecule has 136 valence electrons. The van der Waals surface area contributed by atoms with Gasteiger partial charge in [-0.3, -0.25) is 0 Å². The molecule has 0 amide bonds. The molecular formula is C21H20N4O2. The molecule has 4 rings (SSSR count). The average Bonchev–Trinajstić information content (AvgIpc) is 3.10. The molecule has 0 aliphatic rings. The second-order valence-electron chi connectivity index (χ2n) is 6.16. The van der Waals surface area contributed by atoms with Crippen LogP contribution in [0.25, 0.3) is 27.8 Å². The summed E-state index contributed by atoms with van der Waals surface area (Å²) in [6.45, 7) is 0.579. The van der Waals surface area contributed by atoms with Gasteiger partial charge in [-0.25, -0.2) is 9.97 Å². The highest BCUT2D eigenvalue weighted by Crippen LogP contribution is 2.34. The van der Waals surface area contributed by atoms with Gasteiger partial charge in [-0.05, 0) is 17.7 Å². The number of aliphatic hydroxyl groups excluding tert-OH is 1. The van der Waals surface area contributed by atoms with E-state index in [1.165, 1.54) is 6.33 Å². The number of hydrogen-bond acceptors (Lipinski definition) is 5. The quantitative estimate of drug-likeness (QED) is 0.515. The van der Waals surface area contributed by atoms with Crippen LogP contribution in [0.5, 0.6) is 5.75 Å². The molecule has 0 fully saturated rings. The van der Waals surface area contributed by atoms with Gasteiger partial charge in [0.15, 0.2) is 5.65 Å². The number of aliphatic hydroxyl groups is 1. The van der Waals surface area contributed by atoms with Crippen molar-refractivity contribution < 1.29 is 9.84 Å². The van der Waals surface area contributed by atoms with Crippen molar-refractivity contribution in [2.75, 3.05) is 18.9 Å². The Morgan fingerprint density at radius 3 is 2.70 bits per heavy atom. The summed E-state index contributed by atoms with van der Waals surface area (Å²) in [4.78, 5) is 8.64. The average molecular weight is 360 g/mol. The summed E-state index contributed by atoms with van der Waals surface area (Å²) in [5.74, 6) is 1.19. The number of ether oxygens (including phenoxy) is 1. The smallest absolute Gasteiger partial charge is 0.150 e. The van der Waals surface area contributed by atoms with Crippen LogP contribution in [0.2, 0.25) is 0 Å². The van der Waals surface area contributed by atoms with Gasteiger partial charge in [-0.2, -0.15) is 0 Å². The minimum absolute atomic E-state index is 0.110. The fourth-order valence-electron chi connectivity index (χ4n) is 3.10. The van der Waals surface area contributed by atoms with E-state index in [1.807, 2.05) is 65.4 Å². The van der Waals surface area contributed by atoms with Crippen molar-refractivity contribution in [1.29, 1.82) is 0 Å². The molecule has 4 aromatic rings. The van der Waals surface area contributed by atoms with E-state index >= 15 is 0 Å². The lowest BCUT2D eigenvalue weighted by atomic mass is 10.1. The van der Waals surface area contributed by atoms with Crippen LogP contribution in [0.1, 0.15) is 6.42 Å². The number of hydrogen-bond donors (Lipinski definition) is 2. The van der Waals surface area contributed by atoms with Gasteiger partial charge in [0, 0.05) is 30.9 Å². The Kier molecular flexibility index (Phi) is 4.72. The zero-order valence-electron chi connectivity index (χ0n) is 14.7. The topological polar surface area (TPSA) is 86.2 Å². The largest absolute Gasteiger partial charge is 0.493 e. The summed E-state index contributed by atoms with van der Waals surface area (Å²) in [6, 6.07) is 17.8. The van der Waals surface area contributed by atoms with E-state index in [0.717, 1.165) is 33.6 Å². The van der Waals surface area contributed by atoms with Crippen molar-refractivity contribution >= 4 is 16.9 Å². The van der Waals surface area contributed by atoms with Crippen LogP contribution in [0.3, 0.4) is 0 Å². The monoisotopic (exact) mass is 360 g/mol. The molecule has 2 heterocycles. The van der Waals surface area contributed by atoms with Crippen molar-refractivity contribution in [3.8, 4) is 22.6 Å². The Hall–Kier alpha value is -3.38. The summed E-state index contributed by atoms with van der Waals surface area (Å²) in [5, 5.41) is 9.75. The summed E-state index contributed by atoms with van der Waals surface area (Å²) in [5.41, 5.74) is 9.88. The predicted molar refractivity (Wildman–Crippen MR) is 106 cm³/mol. The molecule has 3 N–H and O–H groups in total. The van der Waals surface area contributed by atoms with E-state index in [0.29, 0.717) is 18.8 Å². The first kappa shape index (κ1) is 17.1. The molecule has 0 aliphatic carbocycles. The zero-order valence-corrected chi connectivity index (χ0v) is 14.7. The van der Waals surface area contributed by atoms with Gasteiger partial charge >= 0.3 is 0 Å². The van der Waals surface area contributed by atoms with Crippen LogP contribution >= 0.6 is 0 Å². The van der Waals surface area contributed by atoms with Crippen LogP contribution in [-0.4, -0.2) is 32.9 Å². The van der Waals surface area contributed by atoms with Crippen molar-refractivity contribution in [1.82, 2.24) is 14.5 Å². The highest BCUT2D eigenvalue weighted by molar-refractivity contribution is 6.01. The van der Waals surface area contributed by atoms with Crippen molar-refractivity contribution in [2.24, 2.45) is 0 Å². The van der Waals surface area contributed by atoms with E-state index in [1.54, 1.807) is 0 Å². The third kappa shape index (κ3) is 3.35. The summed E-state index contributed by atoms with van der Waals surface area (Å²) in [6.07, 6.45) is 4.10. The molecule has 0 saturated heterocycles. The third-order valence-electron chi connectivity index (χ3n) is 4.36. The maximum Gasteiger partial charge on any atom is 0.150 e. The number of anilines is 1. The first-order valence-corrected chi connectivity index (χ1v) is 8.79. The molecule has 0 atom stereocenters. The van der Waals surface area contributed by atoms with Gasteiger partial charge in [0.05, 0.1) is 17.7 Å². The molecule has 6 heteroatoms. The first-order chi connectivity index (χ1) is 13.3.